The molecule has 0 aliphatic carbocycles. The van der Waals surface area contributed by atoms with Crippen molar-refractivity contribution in [2.45, 2.75) is 38.5 Å². The maximum Gasteiger partial charge on any atom is 0.243 e. The van der Waals surface area contributed by atoms with E-state index in [2.05, 4.69) is 35.1 Å². The van der Waals surface area contributed by atoms with E-state index in [4.69, 9.17) is 15.0 Å². The number of nitrogens with two attached hydrogens (primary N) is 1. The topological polar surface area (TPSA) is 77.4 Å². The van der Waals surface area contributed by atoms with Crippen LogP contribution >= 0.6 is 11.8 Å². The molecule has 2 atom stereocenters. The first kappa shape index (κ1) is 15.8. The predicted molar refractivity (Wildman–Crippen MR) is 79.6 cm³/mol. The van der Waals surface area contributed by atoms with Crippen LogP contribution in [0.3, 0.4) is 0 Å². The zero-order valence-electron chi connectivity index (χ0n) is 12.4. The zero-order valence-corrected chi connectivity index (χ0v) is 13.2. The Hall–Kier alpha value is -0.630. The number of rotatable bonds is 6. The van der Waals surface area contributed by atoms with E-state index in [9.17, 15) is 0 Å². The van der Waals surface area contributed by atoms with Gasteiger partial charge in [0.05, 0.1) is 12.6 Å². The molecule has 0 saturated carbocycles. The maximum absolute atomic E-state index is 6.04. The summed E-state index contributed by atoms with van der Waals surface area (Å²) in [6.07, 6.45) is 2.78. The van der Waals surface area contributed by atoms with Crippen LogP contribution in [-0.4, -0.2) is 52.8 Å². The first-order chi connectivity index (χ1) is 9.61. The Balaban J connectivity index is 1.97. The van der Waals surface area contributed by atoms with Gasteiger partial charge in [0.1, 0.15) is 6.10 Å². The van der Waals surface area contributed by atoms with Gasteiger partial charge in [-0.25, -0.2) is 0 Å². The Morgan fingerprint density at radius 3 is 3.00 bits per heavy atom. The lowest BCUT2D eigenvalue weighted by atomic mass is 10.2. The molecule has 2 N–H and O–H groups in total. The summed E-state index contributed by atoms with van der Waals surface area (Å²) >= 11 is 1.76. The molecule has 1 fully saturated rings. The molecule has 1 aliphatic heterocycles. The fourth-order valence-corrected chi connectivity index (χ4v) is 2.68. The van der Waals surface area contributed by atoms with Gasteiger partial charge < -0.3 is 15.0 Å². The molecule has 1 unspecified atom stereocenters. The van der Waals surface area contributed by atoms with E-state index >= 15 is 0 Å². The van der Waals surface area contributed by atoms with Crippen molar-refractivity contribution < 1.29 is 9.26 Å². The summed E-state index contributed by atoms with van der Waals surface area (Å²) < 4.78 is 11.0. The van der Waals surface area contributed by atoms with Gasteiger partial charge in [0, 0.05) is 19.1 Å². The molecule has 0 amide bonds. The second-order valence-electron chi connectivity index (χ2n) is 5.33. The monoisotopic (exact) mass is 300 g/mol. The summed E-state index contributed by atoms with van der Waals surface area (Å²) in [5.74, 6) is 2.12. The highest BCUT2D eigenvalue weighted by Gasteiger charge is 2.28. The van der Waals surface area contributed by atoms with Gasteiger partial charge in [-0.15, -0.1) is 0 Å². The van der Waals surface area contributed by atoms with Gasteiger partial charge >= 0.3 is 0 Å². The first-order valence-electron chi connectivity index (χ1n) is 7.05. The molecule has 0 bridgehead atoms. The summed E-state index contributed by atoms with van der Waals surface area (Å²) in [7, 11) is 0. The van der Waals surface area contributed by atoms with Crippen molar-refractivity contribution in [1.29, 1.82) is 0 Å². The largest absolute Gasteiger partial charge is 0.367 e. The van der Waals surface area contributed by atoms with Crippen LogP contribution in [0.25, 0.3) is 0 Å². The highest BCUT2D eigenvalue weighted by Crippen LogP contribution is 2.23. The van der Waals surface area contributed by atoms with E-state index in [-0.39, 0.29) is 12.1 Å². The molecular formula is C13H24N4O2S. The van der Waals surface area contributed by atoms with Crippen molar-refractivity contribution in [3.63, 3.8) is 0 Å². The average Bonchev–Trinajstić information content (AvgIpc) is 2.94. The SMILES string of the molecule is CSCC[C@@H](N)c1nc(C2CN(C(C)C)CCO2)no1. The fraction of sp³-hybridized carbons (Fsp3) is 0.846. The lowest BCUT2D eigenvalue weighted by molar-refractivity contribution is -0.0450. The van der Waals surface area contributed by atoms with Crippen LogP contribution in [0.2, 0.25) is 0 Å². The van der Waals surface area contributed by atoms with E-state index in [0.717, 1.165) is 25.3 Å². The zero-order chi connectivity index (χ0) is 14.5. The molecule has 20 heavy (non-hydrogen) atoms. The van der Waals surface area contributed by atoms with E-state index in [1.54, 1.807) is 11.8 Å². The van der Waals surface area contributed by atoms with Crippen LogP contribution in [0.5, 0.6) is 0 Å². The van der Waals surface area contributed by atoms with Gasteiger partial charge in [-0.2, -0.15) is 16.7 Å². The van der Waals surface area contributed by atoms with Crippen LogP contribution in [-0.2, 0) is 4.74 Å². The first-order valence-corrected chi connectivity index (χ1v) is 8.45. The third-order valence-electron chi connectivity index (χ3n) is 3.52. The maximum atomic E-state index is 6.04. The normalized spacial score (nSPS) is 22.4. The summed E-state index contributed by atoms with van der Waals surface area (Å²) in [5, 5.41) is 4.04. The molecule has 1 saturated heterocycles. The van der Waals surface area contributed by atoms with E-state index in [0.29, 0.717) is 24.4 Å². The Morgan fingerprint density at radius 2 is 2.30 bits per heavy atom. The minimum Gasteiger partial charge on any atom is -0.367 e. The Labute approximate surface area is 124 Å². The minimum atomic E-state index is -0.187. The van der Waals surface area contributed by atoms with Crippen molar-refractivity contribution in [3.05, 3.63) is 11.7 Å². The van der Waals surface area contributed by atoms with Gasteiger partial charge in [0.25, 0.3) is 0 Å². The van der Waals surface area contributed by atoms with Crippen LogP contribution in [0.1, 0.15) is 44.1 Å². The van der Waals surface area contributed by atoms with E-state index in [1.165, 1.54) is 0 Å². The van der Waals surface area contributed by atoms with Gasteiger partial charge in [-0.3, -0.25) is 4.90 Å². The van der Waals surface area contributed by atoms with Crippen molar-refractivity contribution in [1.82, 2.24) is 15.0 Å². The molecule has 0 radical (unpaired) electrons. The lowest BCUT2D eigenvalue weighted by Crippen LogP contribution is -2.42. The summed E-state index contributed by atoms with van der Waals surface area (Å²) in [6.45, 7) is 6.82. The predicted octanol–water partition coefficient (Wildman–Crippen LogP) is 1.60. The summed E-state index contributed by atoms with van der Waals surface area (Å²) in [4.78, 5) is 6.78. The number of hydrogen-bond donors (Lipinski definition) is 1. The highest BCUT2D eigenvalue weighted by molar-refractivity contribution is 7.98. The molecule has 7 heteroatoms. The summed E-state index contributed by atoms with van der Waals surface area (Å²) in [6, 6.07) is 0.310. The minimum absolute atomic E-state index is 0.114. The van der Waals surface area contributed by atoms with E-state index < -0.39 is 0 Å². The number of hydrogen-bond acceptors (Lipinski definition) is 7. The molecule has 1 aliphatic rings. The standard InChI is InChI=1S/C13H24N4O2S/c1-9(2)17-5-6-18-11(8-17)12-15-13(19-16-12)10(14)4-7-20-3/h9-11H,4-8,14H2,1-3H3/t10-,11?/m1/s1. The summed E-state index contributed by atoms with van der Waals surface area (Å²) in [5.41, 5.74) is 6.04. The van der Waals surface area contributed by atoms with Crippen LogP contribution in [0.15, 0.2) is 4.52 Å². The van der Waals surface area contributed by atoms with E-state index in [1.807, 2.05) is 0 Å². The molecule has 2 rings (SSSR count). The van der Waals surface area contributed by atoms with Gasteiger partial charge in [0.15, 0.2) is 0 Å². The van der Waals surface area contributed by atoms with Crippen LogP contribution < -0.4 is 5.73 Å². The van der Waals surface area contributed by atoms with Crippen LogP contribution in [0, 0.1) is 0 Å². The molecule has 6 nitrogen and oxygen atoms in total. The van der Waals surface area contributed by atoms with Crippen LogP contribution in [0.4, 0.5) is 0 Å². The lowest BCUT2D eigenvalue weighted by Gasteiger charge is -2.34. The Bertz CT molecular complexity index is 413. The molecule has 0 spiro atoms. The smallest absolute Gasteiger partial charge is 0.243 e. The van der Waals surface area contributed by atoms with Gasteiger partial charge in [-0.1, -0.05) is 5.16 Å². The molecule has 2 heterocycles. The average molecular weight is 300 g/mol. The molecule has 0 aromatic carbocycles. The number of morpholine rings is 1. The third kappa shape index (κ3) is 3.94. The Kier molecular flexibility index (Phi) is 5.83. The number of ether oxygens (including phenoxy) is 1. The molecular weight excluding hydrogens is 276 g/mol. The van der Waals surface area contributed by atoms with Crippen molar-refractivity contribution in [3.8, 4) is 0 Å². The quantitative estimate of drug-likeness (QED) is 0.855. The molecule has 1 aromatic heterocycles. The van der Waals surface area contributed by atoms with Gasteiger partial charge in [-0.05, 0) is 32.3 Å². The molecule has 1 aromatic rings. The Morgan fingerprint density at radius 1 is 1.50 bits per heavy atom. The number of thioether (sulfide) groups is 1. The van der Waals surface area contributed by atoms with Crippen molar-refractivity contribution in [2.75, 3.05) is 31.7 Å². The number of nitrogens with zero attached hydrogens (tertiary/aromatic N) is 3. The number of aromatic nitrogens is 2. The fourth-order valence-electron chi connectivity index (χ4n) is 2.19. The van der Waals surface area contributed by atoms with Gasteiger partial charge in [0.2, 0.25) is 11.7 Å². The van der Waals surface area contributed by atoms with Crippen molar-refractivity contribution in [2.24, 2.45) is 5.73 Å². The second kappa shape index (κ2) is 7.40. The second-order valence-corrected chi connectivity index (χ2v) is 6.31. The highest BCUT2D eigenvalue weighted by atomic mass is 32.2. The molecule has 114 valence electrons. The third-order valence-corrected chi connectivity index (χ3v) is 4.17. The van der Waals surface area contributed by atoms with Crippen molar-refractivity contribution >= 4 is 11.8 Å².